The smallest absolute Gasteiger partial charge is 0.234 e. The van der Waals surface area contributed by atoms with Crippen LogP contribution in [-0.4, -0.2) is 24.7 Å². The molecule has 10 heteroatoms. The Morgan fingerprint density at radius 3 is 2.68 bits per heavy atom. The topological polar surface area (TPSA) is 91.2 Å². The molecule has 1 aliphatic rings. The molecule has 2 aromatic rings. The Hall–Kier alpha value is -2.37. The first kappa shape index (κ1) is 23.3. The number of hydrogen-bond acceptors (Lipinski definition) is 5. The first-order chi connectivity index (χ1) is 14.8. The number of nitriles is 1. The molecule has 0 aromatic heterocycles. The van der Waals surface area contributed by atoms with Crippen molar-refractivity contribution in [2.45, 2.75) is 12.3 Å². The molecule has 3 rings (SSSR count). The Balaban J connectivity index is 1.78. The SMILES string of the molecule is COc1ccc([C@@H]2CC(=O)NC(SCC(=O)Nc3ccc(Cl)cc3Cl)=C2C#N)cc1Cl. The highest BCUT2D eigenvalue weighted by Crippen LogP contribution is 2.38. The monoisotopic (exact) mass is 495 g/mol. The summed E-state index contributed by atoms with van der Waals surface area (Å²) in [7, 11) is 1.51. The van der Waals surface area contributed by atoms with E-state index in [1.807, 2.05) is 0 Å². The predicted octanol–water partition coefficient (Wildman–Crippen LogP) is 5.37. The van der Waals surface area contributed by atoms with Gasteiger partial charge in [0.05, 0.1) is 45.3 Å². The largest absolute Gasteiger partial charge is 0.495 e. The summed E-state index contributed by atoms with van der Waals surface area (Å²) >= 11 is 19.2. The zero-order valence-electron chi connectivity index (χ0n) is 16.2. The van der Waals surface area contributed by atoms with Gasteiger partial charge in [-0.3, -0.25) is 9.59 Å². The van der Waals surface area contributed by atoms with Crippen molar-refractivity contribution < 1.29 is 14.3 Å². The number of amides is 2. The quantitative estimate of drug-likeness (QED) is 0.561. The van der Waals surface area contributed by atoms with Gasteiger partial charge in [0.1, 0.15) is 5.75 Å². The first-order valence-electron chi connectivity index (χ1n) is 8.97. The van der Waals surface area contributed by atoms with Crippen LogP contribution in [0, 0.1) is 11.3 Å². The van der Waals surface area contributed by atoms with E-state index in [4.69, 9.17) is 39.5 Å². The number of halogens is 3. The zero-order chi connectivity index (χ0) is 22.5. The minimum absolute atomic E-state index is 0.0319. The van der Waals surface area contributed by atoms with Crippen molar-refractivity contribution in [2.75, 3.05) is 18.2 Å². The van der Waals surface area contributed by atoms with E-state index in [0.29, 0.717) is 42.7 Å². The molecule has 0 bridgehead atoms. The van der Waals surface area contributed by atoms with Crippen molar-refractivity contribution >= 4 is 64.1 Å². The third-order valence-electron chi connectivity index (χ3n) is 4.49. The molecule has 0 spiro atoms. The highest BCUT2D eigenvalue weighted by Gasteiger charge is 2.30. The highest BCUT2D eigenvalue weighted by molar-refractivity contribution is 8.03. The summed E-state index contributed by atoms with van der Waals surface area (Å²) in [6.45, 7) is 0. The van der Waals surface area contributed by atoms with Gasteiger partial charge in [-0.25, -0.2) is 0 Å². The summed E-state index contributed by atoms with van der Waals surface area (Å²) in [5.74, 6) is -0.600. The van der Waals surface area contributed by atoms with Crippen molar-refractivity contribution in [1.29, 1.82) is 5.26 Å². The second kappa shape index (κ2) is 10.3. The van der Waals surface area contributed by atoms with Gasteiger partial charge >= 0.3 is 0 Å². The van der Waals surface area contributed by atoms with Crippen LogP contribution in [0.15, 0.2) is 47.0 Å². The average Bonchev–Trinajstić information content (AvgIpc) is 2.73. The van der Waals surface area contributed by atoms with E-state index in [1.54, 1.807) is 30.3 Å². The van der Waals surface area contributed by atoms with Crippen molar-refractivity contribution in [3.8, 4) is 11.8 Å². The molecule has 0 fully saturated rings. The molecule has 6 nitrogen and oxygen atoms in total. The highest BCUT2D eigenvalue weighted by atomic mass is 35.5. The van der Waals surface area contributed by atoms with Crippen LogP contribution in [0.2, 0.25) is 15.1 Å². The second-order valence-corrected chi connectivity index (χ2v) is 8.75. The standard InChI is InChI=1S/C21H16Cl3N3O3S/c1-30-18-5-2-11(6-16(18)24)13-8-19(28)27-21(14(13)9-25)31-10-20(29)26-17-4-3-12(22)7-15(17)23/h2-7,13H,8,10H2,1H3,(H,26,29)(H,27,28)/t13-/m0/s1. The fraction of sp³-hybridized carbons (Fsp3) is 0.190. The second-order valence-electron chi connectivity index (χ2n) is 6.51. The van der Waals surface area contributed by atoms with Gasteiger partial charge in [-0.15, -0.1) is 0 Å². The third kappa shape index (κ3) is 5.66. The number of anilines is 1. The van der Waals surface area contributed by atoms with Crippen LogP contribution in [0.5, 0.6) is 5.75 Å². The summed E-state index contributed by atoms with van der Waals surface area (Å²) in [5.41, 5.74) is 1.50. The number of carbonyl (C=O) groups excluding carboxylic acids is 2. The molecule has 0 unspecified atom stereocenters. The Bertz CT molecular complexity index is 1110. The fourth-order valence-corrected chi connectivity index (χ4v) is 4.63. The van der Waals surface area contributed by atoms with Crippen LogP contribution in [0.25, 0.3) is 0 Å². The number of benzene rings is 2. The number of nitrogens with one attached hydrogen (secondary N) is 2. The van der Waals surface area contributed by atoms with Crippen LogP contribution in [0.4, 0.5) is 5.69 Å². The van der Waals surface area contributed by atoms with Crippen molar-refractivity contribution in [3.63, 3.8) is 0 Å². The van der Waals surface area contributed by atoms with Crippen LogP contribution in [-0.2, 0) is 9.59 Å². The predicted molar refractivity (Wildman–Crippen MR) is 124 cm³/mol. The van der Waals surface area contributed by atoms with E-state index < -0.39 is 5.92 Å². The summed E-state index contributed by atoms with van der Waals surface area (Å²) in [5, 5.41) is 16.6. The molecule has 2 aromatic carbocycles. The number of rotatable bonds is 6. The minimum atomic E-state index is -0.474. The van der Waals surface area contributed by atoms with E-state index in [0.717, 1.165) is 11.8 Å². The molecule has 0 radical (unpaired) electrons. The molecular formula is C21H16Cl3N3O3S. The normalized spacial score (nSPS) is 15.8. The van der Waals surface area contributed by atoms with Gasteiger partial charge in [-0.05, 0) is 35.9 Å². The molecular weight excluding hydrogens is 481 g/mol. The molecule has 2 amide bonds. The minimum Gasteiger partial charge on any atom is -0.495 e. The van der Waals surface area contributed by atoms with Crippen molar-refractivity contribution in [3.05, 3.63) is 67.6 Å². The lowest BCUT2D eigenvalue weighted by molar-refractivity contribution is -0.121. The van der Waals surface area contributed by atoms with Gasteiger partial charge in [0.2, 0.25) is 11.8 Å². The lowest BCUT2D eigenvalue weighted by Gasteiger charge is -2.25. The summed E-state index contributed by atoms with van der Waals surface area (Å²) in [6, 6.07) is 12.0. The molecule has 2 N–H and O–H groups in total. The number of allylic oxidation sites excluding steroid dienone is 1. The molecule has 31 heavy (non-hydrogen) atoms. The van der Waals surface area contributed by atoms with E-state index in [2.05, 4.69) is 16.7 Å². The van der Waals surface area contributed by atoms with Gasteiger partial charge in [-0.1, -0.05) is 52.6 Å². The average molecular weight is 497 g/mol. The first-order valence-corrected chi connectivity index (χ1v) is 11.1. The third-order valence-corrected chi connectivity index (χ3v) is 6.35. The molecule has 160 valence electrons. The maximum absolute atomic E-state index is 12.4. The molecule has 1 atom stereocenters. The zero-order valence-corrected chi connectivity index (χ0v) is 19.3. The van der Waals surface area contributed by atoms with Gasteiger partial charge in [-0.2, -0.15) is 5.26 Å². The molecule has 1 aliphatic heterocycles. The molecule has 0 aliphatic carbocycles. The van der Waals surface area contributed by atoms with Crippen LogP contribution in [0.3, 0.4) is 0 Å². The van der Waals surface area contributed by atoms with Crippen molar-refractivity contribution in [2.24, 2.45) is 0 Å². The maximum Gasteiger partial charge on any atom is 0.234 e. The lowest BCUT2D eigenvalue weighted by Crippen LogP contribution is -2.31. The van der Waals surface area contributed by atoms with Gasteiger partial charge in [0.25, 0.3) is 0 Å². The van der Waals surface area contributed by atoms with Crippen LogP contribution in [0.1, 0.15) is 17.9 Å². The van der Waals surface area contributed by atoms with E-state index in [1.165, 1.54) is 13.2 Å². The number of carbonyl (C=O) groups is 2. The number of hydrogen-bond donors (Lipinski definition) is 2. The fourth-order valence-electron chi connectivity index (χ4n) is 3.03. The van der Waals surface area contributed by atoms with Crippen LogP contribution < -0.4 is 15.4 Å². The lowest BCUT2D eigenvalue weighted by atomic mass is 9.87. The van der Waals surface area contributed by atoms with E-state index in [9.17, 15) is 14.9 Å². The van der Waals surface area contributed by atoms with Crippen molar-refractivity contribution in [1.82, 2.24) is 5.32 Å². The number of ether oxygens (including phenoxy) is 1. The maximum atomic E-state index is 12.4. The number of methoxy groups -OCH3 is 1. The van der Waals surface area contributed by atoms with E-state index in [-0.39, 0.29) is 24.0 Å². The molecule has 1 heterocycles. The Kier molecular flexibility index (Phi) is 7.74. The van der Waals surface area contributed by atoms with Gasteiger partial charge in [0.15, 0.2) is 0 Å². The number of nitrogens with zero attached hydrogens (tertiary/aromatic N) is 1. The Morgan fingerprint density at radius 1 is 1.26 bits per heavy atom. The summed E-state index contributed by atoms with van der Waals surface area (Å²) in [4.78, 5) is 24.6. The Labute approximate surface area is 198 Å². The van der Waals surface area contributed by atoms with E-state index >= 15 is 0 Å². The number of thioether (sulfide) groups is 1. The molecule has 0 saturated carbocycles. The molecule has 0 saturated heterocycles. The Morgan fingerprint density at radius 2 is 2.03 bits per heavy atom. The van der Waals surface area contributed by atoms with Gasteiger partial charge in [0, 0.05) is 17.4 Å². The summed E-state index contributed by atoms with van der Waals surface area (Å²) in [6.07, 6.45) is 0.0994. The van der Waals surface area contributed by atoms with Gasteiger partial charge < -0.3 is 15.4 Å². The summed E-state index contributed by atoms with van der Waals surface area (Å²) < 4.78 is 5.16. The van der Waals surface area contributed by atoms with Crippen LogP contribution >= 0.6 is 46.6 Å².